The molecule has 0 saturated carbocycles. The number of carbonyl (C=O) groups is 1. The van der Waals surface area contributed by atoms with Gasteiger partial charge in [0, 0.05) is 17.7 Å². The highest BCUT2D eigenvalue weighted by atomic mass is 16.5. The Labute approximate surface area is 152 Å². The number of fused-ring (bicyclic) bond motifs is 3. The zero-order valence-corrected chi connectivity index (χ0v) is 14.7. The Morgan fingerprint density at radius 2 is 1.65 bits per heavy atom. The van der Waals surface area contributed by atoms with Gasteiger partial charge in [-0.05, 0) is 54.1 Å². The van der Waals surface area contributed by atoms with Crippen LogP contribution in [0, 0.1) is 0 Å². The Kier molecular flexibility index (Phi) is 4.36. The van der Waals surface area contributed by atoms with Crippen LogP contribution >= 0.6 is 0 Å². The molecule has 0 atom stereocenters. The lowest BCUT2D eigenvalue weighted by Gasteiger charge is -2.06. The summed E-state index contributed by atoms with van der Waals surface area (Å²) in [5, 5.41) is 3.56. The third kappa shape index (κ3) is 3.04. The van der Waals surface area contributed by atoms with Crippen molar-refractivity contribution in [2.45, 2.75) is 13.5 Å². The maximum absolute atomic E-state index is 12.7. The molecule has 0 unspecified atom stereocenters. The molecule has 0 spiro atoms. The largest absolute Gasteiger partial charge is 0.494 e. The normalized spacial score (nSPS) is 11.0. The van der Waals surface area contributed by atoms with E-state index in [0.717, 1.165) is 16.7 Å². The number of hydrogen-bond acceptors (Lipinski definition) is 2. The topological polar surface area (TPSA) is 30.2 Å². The molecule has 4 rings (SSSR count). The summed E-state index contributed by atoms with van der Waals surface area (Å²) in [4.78, 5) is 12.7. The number of benzene rings is 3. The third-order valence-electron chi connectivity index (χ3n) is 4.59. The van der Waals surface area contributed by atoms with Crippen LogP contribution in [0.4, 0.5) is 0 Å². The van der Waals surface area contributed by atoms with Crippen molar-refractivity contribution < 1.29 is 14.1 Å². The molecule has 26 heavy (non-hydrogen) atoms. The molecule has 0 radical (unpaired) electrons. The van der Waals surface area contributed by atoms with Crippen molar-refractivity contribution in [3.05, 3.63) is 84.6 Å². The predicted octanol–water partition coefficient (Wildman–Crippen LogP) is 4.56. The summed E-state index contributed by atoms with van der Waals surface area (Å²) in [5.41, 5.74) is 1.75. The Bertz CT molecular complexity index is 1080. The molecule has 128 valence electrons. The minimum Gasteiger partial charge on any atom is -0.494 e. The monoisotopic (exact) mass is 342 g/mol. The van der Waals surface area contributed by atoms with Crippen molar-refractivity contribution in [2.24, 2.45) is 0 Å². The van der Waals surface area contributed by atoms with Crippen molar-refractivity contribution in [2.75, 3.05) is 6.61 Å². The first kappa shape index (κ1) is 16.3. The predicted molar refractivity (Wildman–Crippen MR) is 104 cm³/mol. The first-order valence-corrected chi connectivity index (χ1v) is 8.82. The van der Waals surface area contributed by atoms with E-state index in [1.807, 2.05) is 60.2 Å². The highest BCUT2D eigenvalue weighted by Gasteiger charge is 2.16. The van der Waals surface area contributed by atoms with Gasteiger partial charge in [-0.15, -0.1) is 0 Å². The van der Waals surface area contributed by atoms with E-state index in [0.29, 0.717) is 18.7 Å². The van der Waals surface area contributed by atoms with E-state index in [-0.39, 0.29) is 5.78 Å². The molecule has 0 aliphatic carbocycles. The van der Waals surface area contributed by atoms with Gasteiger partial charge in [-0.2, -0.15) is 4.57 Å². The van der Waals surface area contributed by atoms with E-state index in [1.54, 1.807) is 0 Å². The molecular weight excluding hydrogens is 322 g/mol. The van der Waals surface area contributed by atoms with Crippen molar-refractivity contribution in [3.63, 3.8) is 0 Å². The number of carbonyl (C=O) groups excluding carboxylic acids is 1. The third-order valence-corrected chi connectivity index (χ3v) is 4.59. The van der Waals surface area contributed by atoms with Gasteiger partial charge in [-0.25, -0.2) is 0 Å². The fourth-order valence-electron chi connectivity index (χ4n) is 3.32. The molecule has 3 aromatic carbocycles. The van der Waals surface area contributed by atoms with Crippen molar-refractivity contribution in [1.29, 1.82) is 0 Å². The van der Waals surface area contributed by atoms with Gasteiger partial charge in [0.15, 0.2) is 6.20 Å². The van der Waals surface area contributed by atoms with E-state index in [4.69, 9.17) is 4.74 Å². The standard InChI is InChI=1S/C23H20NO2/c1-2-26-19-12-9-18(10-13-19)23(25)16-24-15-5-8-21-20-7-4-3-6-17(20)11-14-22(21)24/h3-15H,2,16H2,1H3/q+1. The number of nitrogens with zero attached hydrogens (tertiary/aromatic N) is 1. The summed E-state index contributed by atoms with van der Waals surface area (Å²) in [5.74, 6) is 0.868. The summed E-state index contributed by atoms with van der Waals surface area (Å²) in [6.45, 7) is 2.87. The zero-order chi connectivity index (χ0) is 17.9. The number of ketones is 1. The lowest BCUT2D eigenvalue weighted by atomic mass is 10.0. The summed E-state index contributed by atoms with van der Waals surface area (Å²) in [6, 6.07) is 24.0. The quantitative estimate of drug-likeness (QED) is 0.302. The number of aromatic nitrogens is 1. The molecule has 3 nitrogen and oxygen atoms in total. The summed E-state index contributed by atoms with van der Waals surface area (Å²) in [6.07, 6.45) is 1.96. The fraction of sp³-hybridized carbons (Fsp3) is 0.130. The van der Waals surface area contributed by atoms with Crippen LogP contribution in [0.15, 0.2) is 79.0 Å². The zero-order valence-electron chi connectivity index (χ0n) is 14.7. The number of rotatable bonds is 5. The van der Waals surface area contributed by atoms with Crippen LogP contribution in [0.1, 0.15) is 17.3 Å². The molecule has 0 aliphatic heterocycles. The maximum Gasteiger partial charge on any atom is 0.227 e. The van der Waals surface area contributed by atoms with E-state index >= 15 is 0 Å². The van der Waals surface area contributed by atoms with E-state index in [9.17, 15) is 4.79 Å². The second-order valence-corrected chi connectivity index (χ2v) is 6.24. The molecule has 0 bridgehead atoms. The molecule has 1 aromatic heterocycles. The maximum atomic E-state index is 12.7. The van der Waals surface area contributed by atoms with E-state index in [1.165, 1.54) is 10.8 Å². The highest BCUT2D eigenvalue weighted by Crippen LogP contribution is 2.23. The van der Waals surface area contributed by atoms with Gasteiger partial charge in [0.25, 0.3) is 0 Å². The minimum absolute atomic E-state index is 0.0821. The number of Topliss-reactive ketones (excluding diaryl/α,β-unsaturated/α-hetero) is 1. The van der Waals surface area contributed by atoms with E-state index in [2.05, 4.69) is 30.3 Å². The van der Waals surface area contributed by atoms with Crippen molar-refractivity contribution in [1.82, 2.24) is 0 Å². The van der Waals surface area contributed by atoms with Crippen LogP contribution in [0.25, 0.3) is 21.7 Å². The van der Waals surface area contributed by atoms with Crippen LogP contribution in [0.5, 0.6) is 5.75 Å². The average Bonchev–Trinajstić information content (AvgIpc) is 2.69. The van der Waals surface area contributed by atoms with Crippen molar-refractivity contribution in [3.8, 4) is 5.75 Å². The van der Waals surface area contributed by atoms with Gasteiger partial charge in [-0.1, -0.05) is 24.3 Å². The molecule has 1 heterocycles. The molecule has 4 aromatic rings. The van der Waals surface area contributed by atoms with Gasteiger partial charge < -0.3 is 4.74 Å². The number of pyridine rings is 1. The number of hydrogen-bond donors (Lipinski definition) is 0. The van der Waals surface area contributed by atoms with Gasteiger partial charge in [0.2, 0.25) is 17.8 Å². The molecular formula is C23H20NO2+. The lowest BCUT2D eigenvalue weighted by Crippen LogP contribution is -2.38. The second-order valence-electron chi connectivity index (χ2n) is 6.24. The van der Waals surface area contributed by atoms with Crippen LogP contribution in [-0.2, 0) is 6.54 Å². The average molecular weight is 342 g/mol. The Morgan fingerprint density at radius 1 is 0.885 bits per heavy atom. The molecule has 0 amide bonds. The first-order chi connectivity index (χ1) is 12.8. The van der Waals surface area contributed by atoms with Gasteiger partial charge >= 0.3 is 0 Å². The summed E-state index contributed by atoms with van der Waals surface area (Å²) in [7, 11) is 0. The van der Waals surface area contributed by atoms with E-state index < -0.39 is 0 Å². The molecule has 0 N–H and O–H groups in total. The van der Waals surface area contributed by atoms with Crippen LogP contribution in [0.3, 0.4) is 0 Å². The van der Waals surface area contributed by atoms with Gasteiger partial charge in [-0.3, -0.25) is 4.79 Å². The second kappa shape index (κ2) is 6.96. The number of ether oxygens (including phenoxy) is 1. The Morgan fingerprint density at radius 3 is 2.46 bits per heavy atom. The Balaban J connectivity index is 1.68. The lowest BCUT2D eigenvalue weighted by molar-refractivity contribution is -0.657. The van der Waals surface area contributed by atoms with Crippen LogP contribution in [-0.4, -0.2) is 12.4 Å². The smallest absolute Gasteiger partial charge is 0.227 e. The molecule has 3 heteroatoms. The highest BCUT2D eigenvalue weighted by molar-refractivity contribution is 6.05. The SMILES string of the molecule is CCOc1ccc(C(=O)C[n+]2cccc3c4ccccc4ccc32)cc1. The van der Waals surface area contributed by atoms with Crippen LogP contribution in [0.2, 0.25) is 0 Å². The van der Waals surface area contributed by atoms with Crippen LogP contribution < -0.4 is 9.30 Å². The summed E-state index contributed by atoms with van der Waals surface area (Å²) >= 11 is 0. The first-order valence-electron chi connectivity index (χ1n) is 8.82. The minimum atomic E-state index is 0.0821. The molecule has 0 saturated heterocycles. The summed E-state index contributed by atoms with van der Waals surface area (Å²) < 4.78 is 7.46. The molecule has 0 aliphatic rings. The van der Waals surface area contributed by atoms with Crippen molar-refractivity contribution >= 4 is 27.5 Å². The fourth-order valence-corrected chi connectivity index (χ4v) is 3.32. The van der Waals surface area contributed by atoms with Gasteiger partial charge in [0.05, 0.1) is 12.0 Å². The van der Waals surface area contributed by atoms with Gasteiger partial charge in [0.1, 0.15) is 5.75 Å². The molecule has 0 fully saturated rings. The Hall–Kier alpha value is -3.20.